The fraction of sp³-hybridized carbons (Fsp3) is 0.533. The van der Waals surface area contributed by atoms with E-state index in [2.05, 4.69) is 9.55 Å². The van der Waals surface area contributed by atoms with Crippen LogP contribution in [0.5, 0.6) is 0 Å². The summed E-state index contributed by atoms with van der Waals surface area (Å²) in [5, 5.41) is 19.3. The number of aliphatic hydroxyl groups is 1. The lowest BCUT2D eigenvalue weighted by atomic mass is 9.92. The molecule has 2 N–H and O–H groups in total. The Labute approximate surface area is 147 Å². The van der Waals surface area contributed by atoms with Crippen molar-refractivity contribution in [1.82, 2.24) is 14.5 Å². The quantitative estimate of drug-likeness (QED) is 0.769. The van der Waals surface area contributed by atoms with Gasteiger partial charge in [-0.3, -0.25) is 9.69 Å². The molecule has 4 rings (SSSR count). The highest BCUT2D eigenvalue weighted by atomic mass is 32.2. The standard InChI is InChI=1S/C15H17N3O4S2/c1-7(19)10-12(20)18-11(14(21)22)15(24-13(10)18)23-8-2-4-17-5-3-16-9(17)6-8/h3,5,7-8,10,13,19H,2,4,6H2,1H3,(H,21,22)/t7-,8+,10+,13-/m1/s1. The van der Waals surface area contributed by atoms with Gasteiger partial charge in [0.2, 0.25) is 5.91 Å². The maximum atomic E-state index is 12.2. The molecule has 0 bridgehead atoms. The van der Waals surface area contributed by atoms with Gasteiger partial charge in [0.25, 0.3) is 0 Å². The Bertz CT molecular complexity index is 745. The molecular weight excluding hydrogens is 350 g/mol. The molecular formula is C15H17N3O4S2. The van der Waals surface area contributed by atoms with Crippen molar-refractivity contribution in [3.05, 3.63) is 28.2 Å². The number of carbonyl (C=O) groups is 2. The van der Waals surface area contributed by atoms with Crippen molar-refractivity contribution in [2.75, 3.05) is 0 Å². The summed E-state index contributed by atoms with van der Waals surface area (Å²) >= 11 is 2.92. The van der Waals surface area contributed by atoms with Gasteiger partial charge in [0.1, 0.15) is 11.2 Å². The summed E-state index contributed by atoms with van der Waals surface area (Å²) < 4.78 is 2.79. The van der Waals surface area contributed by atoms with E-state index in [-0.39, 0.29) is 22.2 Å². The van der Waals surface area contributed by atoms with Crippen molar-refractivity contribution in [1.29, 1.82) is 0 Å². The van der Waals surface area contributed by atoms with Gasteiger partial charge >= 0.3 is 5.97 Å². The maximum absolute atomic E-state index is 12.2. The largest absolute Gasteiger partial charge is 0.477 e. The fourth-order valence-electron chi connectivity index (χ4n) is 3.41. The molecule has 0 saturated carbocycles. The normalized spacial score (nSPS) is 30.0. The van der Waals surface area contributed by atoms with Crippen LogP contribution in [0.1, 0.15) is 19.2 Å². The Kier molecular flexibility index (Phi) is 3.89. The van der Waals surface area contributed by atoms with E-state index in [0.717, 1.165) is 25.2 Å². The van der Waals surface area contributed by atoms with E-state index in [4.69, 9.17) is 0 Å². The molecule has 0 aromatic carbocycles. The zero-order valence-electron chi connectivity index (χ0n) is 13.0. The number of aryl methyl sites for hydroxylation is 1. The van der Waals surface area contributed by atoms with E-state index in [1.54, 1.807) is 13.1 Å². The van der Waals surface area contributed by atoms with Crippen molar-refractivity contribution < 1.29 is 19.8 Å². The topological polar surface area (TPSA) is 95.7 Å². The number of aliphatic hydroxyl groups excluding tert-OH is 1. The number of fused-ring (bicyclic) bond motifs is 2. The van der Waals surface area contributed by atoms with Gasteiger partial charge in [-0.1, -0.05) is 11.8 Å². The number of β-lactam (4-membered cyclic amide) rings is 1. The number of carboxylic acids is 1. The van der Waals surface area contributed by atoms with E-state index in [1.807, 2.05) is 6.20 Å². The Hall–Kier alpha value is -1.45. The second-order valence-electron chi connectivity index (χ2n) is 6.19. The van der Waals surface area contributed by atoms with E-state index < -0.39 is 18.0 Å². The lowest BCUT2D eigenvalue weighted by Crippen LogP contribution is -2.60. The van der Waals surface area contributed by atoms with E-state index >= 15 is 0 Å². The van der Waals surface area contributed by atoms with Crippen LogP contribution in [-0.2, 0) is 22.6 Å². The highest BCUT2D eigenvalue weighted by Crippen LogP contribution is 2.55. The highest BCUT2D eigenvalue weighted by Gasteiger charge is 2.57. The predicted molar refractivity (Wildman–Crippen MR) is 90.0 cm³/mol. The molecule has 4 heterocycles. The SMILES string of the molecule is C[C@@H](O)[C@H]1C(=O)N2C(C(=O)O)=C(S[C@H]3CCn4ccnc4C3)S[C@H]12. The van der Waals surface area contributed by atoms with Gasteiger partial charge in [-0.15, -0.1) is 11.8 Å². The number of carboxylic acid groups (broad SMARTS) is 1. The number of amides is 1. The second kappa shape index (κ2) is 5.82. The number of aliphatic carboxylic acids is 1. The molecule has 1 amide bonds. The van der Waals surface area contributed by atoms with Gasteiger partial charge in [0.05, 0.1) is 16.3 Å². The first-order valence-electron chi connectivity index (χ1n) is 7.79. The molecule has 0 radical (unpaired) electrons. The van der Waals surface area contributed by atoms with Crippen molar-refractivity contribution >= 4 is 35.4 Å². The van der Waals surface area contributed by atoms with E-state index in [9.17, 15) is 19.8 Å². The fourth-order valence-corrected chi connectivity index (χ4v) is 6.71. The minimum Gasteiger partial charge on any atom is -0.477 e. The molecule has 128 valence electrons. The molecule has 0 unspecified atom stereocenters. The van der Waals surface area contributed by atoms with Crippen molar-refractivity contribution in [3.8, 4) is 0 Å². The summed E-state index contributed by atoms with van der Waals surface area (Å²) in [5.41, 5.74) is 0.0748. The zero-order chi connectivity index (χ0) is 17.0. The predicted octanol–water partition coefficient (Wildman–Crippen LogP) is 1.10. The Morgan fingerprint density at radius 1 is 1.54 bits per heavy atom. The molecule has 7 nitrogen and oxygen atoms in total. The van der Waals surface area contributed by atoms with Crippen molar-refractivity contribution in [2.45, 2.75) is 43.0 Å². The number of carbonyl (C=O) groups excluding carboxylic acids is 1. The molecule has 1 aromatic rings. The first-order valence-corrected chi connectivity index (χ1v) is 9.55. The Morgan fingerprint density at radius 3 is 3.04 bits per heavy atom. The first-order chi connectivity index (χ1) is 11.5. The van der Waals surface area contributed by atoms with Crippen LogP contribution in [0.4, 0.5) is 0 Å². The van der Waals surface area contributed by atoms with Crippen LogP contribution in [0.15, 0.2) is 22.3 Å². The summed E-state index contributed by atoms with van der Waals surface area (Å²) in [5.74, 6) is -0.884. The van der Waals surface area contributed by atoms with Gasteiger partial charge < -0.3 is 14.8 Å². The van der Waals surface area contributed by atoms with Crippen molar-refractivity contribution in [3.63, 3.8) is 0 Å². The third-order valence-corrected chi connectivity index (χ3v) is 7.52. The summed E-state index contributed by atoms with van der Waals surface area (Å²) in [6, 6.07) is 0. The second-order valence-corrected chi connectivity index (χ2v) is 8.89. The molecule has 9 heteroatoms. The summed E-state index contributed by atoms with van der Waals surface area (Å²) in [7, 11) is 0. The van der Waals surface area contributed by atoms with Crippen LogP contribution in [0.3, 0.4) is 0 Å². The molecule has 1 fully saturated rings. The lowest BCUT2D eigenvalue weighted by molar-refractivity contribution is -0.156. The molecule has 4 atom stereocenters. The summed E-state index contributed by atoms with van der Waals surface area (Å²) in [6.45, 7) is 2.45. The Morgan fingerprint density at radius 2 is 2.33 bits per heavy atom. The number of hydrogen-bond donors (Lipinski definition) is 2. The van der Waals surface area contributed by atoms with Gasteiger partial charge in [-0.05, 0) is 13.3 Å². The minimum atomic E-state index is -1.08. The zero-order valence-corrected chi connectivity index (χ0v) is 14.6. The smallest absolute Gasteiger partial charge is 0.354 e. The van der Waals surface area contributed by atoms with Crippen LogP contribution in [0, 0.1) is 5.92 Å². The number of hydrogen-bond acceptors (Lipinski definition) is 6. The Balaban J connectivity index is 1.55. The van der Waals surface area contributed by atoms with Crippen LogP contribution in [-0.4, -0.2) is 53.3 Å². The summed E-state index contributed by atoms with van der Waals surface area (Å²) in [6.07, 6.45) is 4.69. The third kappa shape index (κ3) is 2.37. The molecule has 3 aliphatic rings. The van der Waals surface area contributed by atoms with Crippen molar-refractivity contribution in [2.24, 2.45) is 5.92 Å². The van der Waals surface area contributed by atoms with Crippen LogP contribution < -0.4 is 0 Å². The maximum Gasteiger partial charge on any atom is 0.354 e. The summed E-state index contributed by atoms with van der Waals surface area (Å²) in [4.78, 5) is 29.5. The number of nitrogens with zero attached hydrogens (tertiary/aromatic N) is 3. The van der Waals surface area contributed by atoms with E-state index in [1.165, 1.54) is 28.4 Å². The van der Waals surface area contributed by atoms with Crippen LogP contribution >= 0.6 is 23.5 Å². The number of aromatic nitrogens is 2. The number of thioether (sulfide) groups is 2. The number of rotatable bonds is 4. The highest BCUT2D eigenvalue weighted by molar-refractivity contribution is 8.23. The monoisotopic (exact) mass is 367 g/mol. The third-order valence-electron chi connectivity index (χ3n) is 4.65. The van der Waals surface area contributed by atoms with Crippen LogP contribution in [0.2, 0.25) is 0 Å². The minimum absolute atomic E-state index is 0.0748. The van der Waals surface area contributed by atoms with Gasteiger partial charge in [0.15, 0.2) is 5.70 Å². The van der Waals surface area contributed by atoms with Gasteiger partial charge in [-0.25, -0.2) is 9.78 Å². The first kappa shape index (κ1) is 16.0. The van der Waals surface area contributed by atoms with Crippen LogP contribution in [0.25, 0.3) is 0 Å². The molecule has 1 saturated heterocycles. The molecule has 0 spiro atoms. The average Bonchev–Trinajstić information content (AvgIpc) is 3.09. The number of imidazole rings is 1. The molecule has 0 aliphatic carbocycles. The average molecular weight is 367 g/mol. The molecule has 3 aliphatic heterocycles. The van der Waals surface area contributed by atoms with E-state index in [0.29, 0.717) is 4.24 Å². The molecule has 1 aromatic heterocycles. The molecule has 24 heavy (non-hydrogen) atoms. The van der Waals surface area contributed by atoms with Gasteiger partial charge in [0, 0.05) is 30.6 Å². The lowest BCUT2D eigenvalue weighted by Gasteiger charge is -2.43. The van der Waals surface area contributed by atoms with Gasteiger partial charge in [-0.2, -0.15) is 0 Å².